The first-order valence-corrected chi connectivity index (χ1v) is 11.2. The minimum Gasteiger partial charge on any atom is -0.489 e. The Morgan fingerprint density at radius 3 is 2.62 bits per heavy atom. The van der Waals surface area contributed by atoms with Gasteiger partial charge < -0.3 is 4.74 Å². The molecule has 0 amide bonds. The topological polar surface area (TPSA) is 67.8 Å². The van der Waals surface area contributed by atoms with Crippen molar-refractivity contribution in [2.45, 2.75) is 44.4 Å². The molecule has 0 saturated carbocycles. The van der Waals surface area contributed by atoms with Crippen LogP contribution in [0.3, 0.4) is 0 Å². The van der Waals surface area contributed by atoms with Crippen LogP contribution in [0.25, 0.3) is 0 Å². The molecule has 0 spiro atoms. The number of nitrogens with zero attached hydrogens (tertiary/aromatic N) is 1. The first-order chi connectivity index (χ1) is 15.7. The largest absolute Gasteiger partial charge is 0.489 e. The number of hydrogen-bond donors (Lipinski definition) is 1. The maximum Gasteiger partial charge on any atom is 0.182 e. The molecule has 2 aliphatic heterocycles. The molecule has 5 rings (SSSR count). The number of rotatable bonds is 6. The quantitative estimate of drug-likeness (QED) is 0.763. The van der Waals surface area contributed by atoms with E-state index < -0.39 is 0 Å². The third-order valence-electron chi connectivity index (χ3n) is 6.28. The SMILES string of the molecule is O=C1C=C2C=C3CCN=C(C(=O)Cc4ccc(OCc5ccccc5)cc4)C3NC2CC1. The normalized spacial score (nSPS) is 22.1. The molecule has 0 saturated heterocycles. The Kier molecular flexibility index (Phi) is 5.82. The van der Waals surface area contributed by atoms with Gasteiger partial charge in [-0.2, -0.15) is 0 Å². The van der Waals surface area contributed by atoms with Gasteiger partial charge in [0.05, 0.1) is 11.8 Å². The highest BCUT2D eigenvalue weighted by molar-refractivity contribution is 6.43. The van der Waals surface area contributed by atoms with Gasteiger partial charge in [-0.15, -0.1) is 0 Å². The molecular formula is C27H26N2O3. The van der Waals surface area contributed by atoms with Crippen LogP contribution in [0.15, 0.2) is 82.9 Å². The van der Waals surface area contributed by atoms with E-state index in [1.54, 1.807) is 6.08 Å². The summed E-state index contributed by atoms with van der Waals surface area (Å²) in [5.41, 5.74) is 4.88. The molecule has 162 valence electrons. The number of ketones is 2. The van der Waals surface area contributed by atoms with Crippen molar-refractivity contribution in [1.29, 1.82) is 0 Å². The number of aliphatic imine (C=N–C) groups is 1. The zero-order valence-corrected chi connectivity index (χ0v) is 17.9. The van der Waals surface area contributed by atoms with Gasteiger partial charge in [-0.25, -0.2) is 0 Å². The van der Waals surface area contributed by atoms with Crippen molar-refractivity contribution >= 4 is 17.3 Å². The van der Waals surface area contributed by atoms with E-state index in [-0.39, 0.29) is 23.7 Å². The molecule has 2 unspecified atom stereocenters. The number of Topliss-reactive ketones (excluding diaryl/α,β-unsaturated/α-hetero) is 1. The van der Waals surface area contributed by atoms with Crippen molar-refractivity contribution < 1.29 is 14.3 Å². The highest BCUT2D eigenvalue weighted by Crippen LogP contribution is 2.29. The van der Waals surface area contributed by atoms with E-state index >= 15 is 0 Å². The summed E-state index contributed by atoms with van der Waals surface area (Å²) >= 11 is 0. The molecule has 2 atom stereocenters. The van der Waals surface area contributed by atoms with Gasteiger partial charge in [0.1, 0.15) is 12.4 Å². The summed E-state index contributed by atoms with van der Waals surface area (Å²) in [6.45, 7) is 1.13. The maximum atomic E-state index is 13.1. The zero-order valence-electron chi connectivity index (χ0n) is 17.9. The van der Waals surface area contributed by atoms with Gasteiger partial charge in [0.25, 0.3) is 0 Å². The third kappa shape index (κ3) is 4.48. The Morgan fingerprint density at radius 2 is 1.81 bits per heavy atom. The molecule has 0 fully saturated rings. The zero-order chi connectivity index (χ0) is 21.9. The monoisotopic (exact) mass is 426 g/mol. The maximum absolute atomic E-state index is 13.1. The van der Waals surface area contributed by atoms with Crippen LogP contribution in [-0.2, 0) is 22.6 Å². The fourth-order valence-electron chi connectivity index (χ4n) is 4.58. The number of ether oxygens (including phenoxy) is 1. The summed E-state index contributed by atoms with van der Waals surface area (Å²) in [6.07, 6.45) is 6.32. The Labute approximate surface area is 187 Å². The first-order valence-electron chi connectivity index (χ1n) is 11.2. The van der Waals surface area contributed by atoms with Gasteiger partial charge in [-0.05, 0) is 53.3 Å². The van der Waals surface area contributed by atoms with Crippen molar-refractivity contribution in [2.75, 3.05) is 6.54 Å². The lowest BCUT2D eigenvalue weighted by Gasteiger charge is -2.37. The molecule has 1 aliphatic carbocycles. The van der Waals surface area contributed by atoms with Gasteiger partial charge in [0.2, 0.25) is 0 Å². The molecule has 3 aliphatic rings. The van der Waals surface area contributed by atoms with Gasteiger partial charge in [0, 0.05) is 25.4 Å². The van der Waals surface area contributed by atoms with Crippen LogP contribution >= 0.6 is 0 Å². The number of hydrogen-bond acceptors (Lipinski definition) is 5. The first kappa shape index (κ1) is 20.6. The number of allylic oxidation sites excluding steroid dienone is 1. The van der Waals surface area contributed by atoms with Crippen LogP contribution in [0.5, 0.6) is 5.75 Å². The Bertz CT molecular complexity index is 1110. The molecule has 2 aromatic rings. The van der Waals surface area contributed by atoms with Crippen LogP contribution in [0.2, 0.25) is 0 Å². The Balaban J connectivity index is 1.24. The van der Waals surface area contributed by atoms with Gasteiger partial charge in [-0.1, -0.05) is 48.5 Å². The Hall–Kier alpha value is -3.31. The van der Waals surface area contributed by atoms with E-state index in [1.165, 1.54) is 0 Å². The average Bonchev–Trinajstić information content (AvgIpc) is 2.82. The molecule has 2 aromatic carbocycles. The molecular weight excluding hydrogens is 400 g/mol. The molecule has 0 aromatic heterocycles. The van der Waals surface area contributed by atoms with Gasteiger partial charge >= 0.3 is 0 Å². The van der Waals surface area contributed by atoms with Gasteiger partial charge in [0.15, 0.2) is 11.6 Å². The second-order valence-electron chi connectivity index (χ2n) is 8.56. The molecule has 1 N–H and O–H groups in total. The number of fused-ring (bicyclic) bond motifs is 2. The van der Waals surface area contributed by atoms with E-state index in [9.17, 15) is 9.59 Å². The van der Waals surface area contributed by atoms with E-state index in [2.05, 4.69) is 16.4 Å². The van der Waals surface area contributed by atoms with Crippen molar-refractivity contribution in [1.82, 2.24) is 5.32 Å². The summed E-state index contributed by atoms with van der Waals surface area (Å²) in [6, 6.07) is 17.7. The van der Waals surface area contributed by atoms with E-state index in [0.717, 1.165) is 40.9 Å². The van der Waals surface area contributed by atoms with Crippen molar-refractivity contribution in [3.05, 3.63) is 89.0 Å². The molecule has 0 bridgehead atoms. The second-order valence-corrected chi connectivity index (χ2v) is 8.56. The predicted octanol–water partition coefficient (Wildman–Crippen LogP) is 3.78. The van der Waals surface area contributed by atoms with Crippen LogP contribution < -0.4 is 10.1 Å². The lowest BCUT2D eigenvalue weighted by Crippen LogP contribution is -2.52. The minimum atomic E-state index is -0.139. The number of nitrogens with one attached hydrogen (secondary N) is 1. The summed E-state index contributed by atoms with van der Waals surface area (Å²) in [5.74, 6) is 1.01. The molecule has 5 nitrogen and oxygen atoms in total. The summed E-state index contributed by atoms with van der Waals surface area (Å²) in [5, 5.41) is 3.58. The fourth-order valence-corrected chi connectivity index (χ4v) is 4.58. The fraction of sp³-hybridized carbons (Fsp3) is 0.296. The Morgan fingerprint density at radius 1 is 1.00 bits per heavy atom. The summed E-state index contributed by atoms with van der Waals surface area (Å²) in [7, 11) is 0. The highest BCUT2D eigenvalue weighted by Gasteiger charge is 2.35. The predicted molar refractivity (Wildman–Crippen MR) is 124 cm³/mol. The number of benzene rings is 2. The van der Waals surface area contributed by atoms with Crippen molar-refractivity contribution in [3.8, 4) is 5.75 Å². The van der Waals surface area contributed by atoms with Crippen molar-refractivity contribution in [2.24, 2.45) is 4.99 Å². The minimum absolute atomic E-state index is 0.0466. The number of carbonyl (C=O) groups is 2. The van der Waals surface area contributed by atoms with E-state index in [4.69, 9.17) is 4.74 Å². The average molecular weight is 427 g/mol. The smallest absolute Gasteiger partial charge is 0.182 e. The lowest BCUT2D eigenvalue weighted by molar-refractivity contribution is -0.115. The number of carbonyl (C=O) groups excluding carboxylic acids is 2. The lowest BCUT2D eigenvalue weighted by atomic mass is 9.81. The second kappa shape index (κ2) is 9.05. The van der Waals surface area contributed by atoms with E-state index in [1.807, 2.05) is 54.6 Å². The van der Waals surface area contributed by atoms with Crippen LogP contribution in [0.1, 0.15) is 30.4 Å². The van der Waals surface area contributed by atoms with Gasteiger partial charge in [-0.3, -0.25) is 19.9 Å². The standard InChI is InChI=1S/C27H26N2O3/c30-22-8-11-24-21(16-22)15-20-12-13-28-27(26(20)29-24)25(31)14-18-6-9-23(10-7-18)32-17-19-4-2-1-3-5-19/h1-7,9-10,15-16,24,26,29H,8,11-14,17H2. The summed E-state index contributed by atoms with van der Waals surface area (Å²) in [4.78, 5) is 29.5. The van der Waals surface area contributed by atoms with Crippen LogP contribution in [-0.4, -0.2) is 35.9 Å². The highest BCUT2D eigenvalue weighted by atomic mass is 16.5. The van der Waals surface area contributed by atoms with Crippen molar-refractivity contribution in [3.63, 3.8) is 0 Å². The molecule has 0 radical (unpaired) electrons. The van der Waals surface area contributed by atoms with Crippen LogP contribution in [0.4, 0.5) is 0 Å². The van der Waals surface area contributed by atoms with E-state index in [0.29, 0.717) is 31.7 Å². The molecule has 32 heavy (non-hydrogen) atoms. The van der Waals surface area contributed by atoms with Crippen LogP contribution in [0, 0.1) is 0 Å². The third-order valence-corrected chi connectivity index (χ3v) is 6.28. The molecule has 2 heterocycles. The molecule has 5 heteroatoms. The summed E-state index contributed by atoms with van der Waals surface area (Å²) < 4.78 is 5.84.